The second-order valence-electron chi connectivity index (χ2n) is 5.32. The van der Waals surface area contributed by atoms with Crippen LogP contribution in [0.15, 0.2) is 31.8 Å². The number of sulfonamides is 1. The van der Waals surface area contributed by atoms with Gasteiger partial charge in [0.2, 0.25) is 10.0 Å². The SMILES string of the molecule is CC(C)(CCBr)CNS(=O)(=O)c1cccc2c1N=S=N2. The third-order valence-electron chi connectivity index (χ3n) is 3.05. The Balaban J connectivity index is 2.21. The van der Waals surface area contributed by atoms with Crippen molar-refractivity contribution >= 4 is 48.7 Å². The highest BCUT2D eigenvalue weighted by atomic mass is 79.9. The van der Waals surface area contributed by atoms with Crippen LogP contribution in [-0.2, 0) is 21.4 Å². The lowest BCUT2D eigenvalue weighted by atomic mass is 9.91. The van der Waals surface area contributed by atoms with Gasteiger partial charge >= 0.3 is 0 Å². The zero-order valence-electron chi connectivity index (χ0n) is 11.3. The normalized spacial score (nSPS) is 14.2. The summed E-state index contributed by atoms with van der Waals surface area (Å²) < 4.78 is 35.6. The molecule has 0 aromatic heterocycles. The lowest BCUT2D eigenvalue weighted by molar-refractivity contribution is 0.354. The summed E-state index contributed by atoms with van der Waals surface area (Å²) >= 11 is 4.40. The molecule has 8 heteroatoms. The van der Waals surface area contributed by atoms with Crippen molar-refractivity contribution in [3.8, 4) is 0 Å². The molecule has 0 saturated heterocycles. The number of hydrogen-bond acceptors (Lipinski definition) is 4. The van der Waals surface area contributed by atoms with Gasteiger partial charge in [0.15, 0.2) is 0 Å². The Bertz CT molecular complexity index is 680. The van der Waals surface area contributed by atoms with Crippen molar-refractivity contribution in [3.05, 3.63) is 18.2 Å². The molecule has 1 aromatic rings. The van der Waals surface area contributed by atoms with Gasteiger partial charge in [0, 0.05) is 11.9 Å². The van der Waals surface area contributed by atoms with Crippen LogP contribution in [0.4, 0.5) is 11.4 Å². The fraction of sp³-hybridized carbons (Fsp3) is 0.500. The maximum Gasteiger partial charge on any atom is 0.242 e. The summed E-state index contributed by atoms with van der Waals surface area (Å²) in [7, 11) is -3.57. The Morgan fingerprint density at radius 3 is 2.80 bits per heavy atom. The molecule has 0 amide bonds. The van der Waals surface area contributed by atoms with Gasteiger partial charge in [-0.1, -0.05) is 35.8 Å². The van der Waals surface area contributed by atoms with Gasteiger partial charge in [0.1, 0.15) is 16.3 Å². The van der Waals surface area contributed by atoms with Gasteiger partial charge < -0.3 is 0 Å². The van der Waals surface area contributed by atoms with Crippen molar-refractivity contribution in [2.75, 3.05) is 11.9 Å². The van der Waals surface area contributed by atoms with Crippen LogP contribution in [0.25, 0.3) is 0 Å². The molecule has 110 valence electrons. The summed E-state index contributed by atoms with van der Waals surface area (Å²) in [6.07, 6.45) is 0.887. The van der Waals surface area contributed by atoms with Gasteiger partial charge in [-0.25, -0.2) is 13.1 Å². The molecule has 0 fully saturated rings. The summed E-state index contributed by atoms with van der Waals surface area (Å²) in [5, 5.41) is 0.841. The second-order valence-corrected chi connectivity index (χ2v) is 8.37. The molecule has 2 rings (SSSR count). The standard InChI is InChI=1S/C12H16BrN3O2S2/c1-12(2,6-7-13)8-14-20(17,18)10-5-3-4-9-11(10)16-19-15-9/h3-5,14H,6-8H2,1-2H3. The number of benzene rings is 1. The van der Waals surface area contributed by atoms with E-state index >= 15 is 0 Å². The molecule has 1 aliphatic heterocycles. The van der Waals surface area contributed by atoms with Crippen LogP contribution in [0.1, 0.15) is 20.3 Å². The molecule has 5 nitrogen and oxygen atoms in total. The third kappa shape index (κ3) is 3.55. The van der Waals surface area contributed by atoms with Gasteiger partial charge in [-0.2, -0.15) is 8.73 Å². The summed E-state index contributed by atoms with van der Waals surface area (Å²) in [5.41, 5.74) is 0.936. The first kappa shape index (κ1) is 15.8. The first-order valence-corrected chi connectivity index (χ1v) is 9.46. The number of fused-ring (bicyclic) bond motifs is 1. The van der Waals surface area contributed by atoms with E-state index in [4.69, 9.17) is 0 Å². The van der Waals surface area contributed by atoms with E-state index in [2.05, 4.69) is 29.4 Å². The fourth-order valence-electron chi connectivity index (χ4n) is 1.71. The number of hydrogen-bond donors (Lipinski definition) is 1. The Kier molecular flexibility index (Phi) is 4.78. The molecule has 1 aromatic carbocycles. The average Bonchev–Trinajstić information content (AvgIpc) is 2.84. The van der Waals surface area contributed by atoms with E-state index < -0.39 is 10.0 Å². The smallest absolute Gasteiger partial charge is 0.211 e. The Labute approximate surface area is 131 Å². The minimum atomic E-state index is -3.57. The van der Waals surface area contributed by atoms with Crippen LogP contribution in [0, 0.1) is 5.41 Å². The van der Waals surface area contributed by atoms with E-state index in [1.807, 2.05) is 13.8 Å². The van der Waals surface area contributed by atoms with Crippen molar-refractivity contribution in [2.24, 2.45) is 14.1 Å². The van der Waals surface area contributed by atoms with Crippen molar-refractivity contribution in [2.45, 2.75) is 25.2 Å². The fourth-order valence-corrected chi connectivity index (χ4v) is 4.79. The van der Waals surface area contributed by atoms with Crippen molar-refractivity contribution in [1.82, 2.24) is 4.72 Å². The Hall–Kier alpha value is -0.570. The highest BCUT2D eigenvalue weighted by molar-refractivity contribution is 9.09. The van der Waals surface area contributed by atoms with E-state index in [1.165, 1.54) is 0 Å². The first-order valence-electron chi connectivity index (χ1n) is 6.13. The van der Waals surface area contributed by atoms with E-state index in [0.717, 1.165) is 23.1 Å². The van der Waals surface area contributed by atoms with Crippen molar-refractivity contribution < 1.29 is 8.42 Å². The summed E-state index contributed by atoms with van der Waals surface area (Å²) in [4.78, 5) is 0.193. The van der Waals surface area contributed by atoms with Gasteiger partial charge in [-0.3, -0.25) is 0 Å². The Morgan fingerprint density at radius 1 is 1.35 bits per heavy atom. The van der Waals surface area contributed by atoms with E-state index in [9.17, 15) is 8.42 Å². The van der Waals surface area contributed by atoms with Crippen LogP contribution >= 0.6 is 15.9 Å². The molecular weight excluding hydrogens is 362 g/mol. The zero-order chi connectivity index (χ0) is 14.8. The molecule has 0 bridgehead atoms. The zero-order valence-corrected chi connectivity index (χ0v) is 14.5. The van der Waals surface area contributed by atoms with Crippen molar-refractivity contribution in [1.29, 1.82) is 0 Å². The van der Waals surface area contributed by atoms with Crippen LogP contribution in [0.3, 0.4) is 0 Å². The molecule has 0 spiro atoms. The molecule has 0 saturated carbocycles. The molecule has 0 aliphatic carbocycles. The van der Waals surface area contributed by atoms with E-state index in [0.29, 0.717) is 17.9 Å². The summed E-state index contributed by atoms with van der Waals surface area (Å²) in [6.45, 7) is 4.44. The van der Waals surface area contributed by atoms with E-state index in [1.54, 1.807) is 18.2 Å². The number of alkyl halides is 1. The lowest BCUT2D eigenvalue weighted by Crippen LogP contribution is -2.34. The molecule has 0 unspecified atom stereocenters. The number of nitrogens with one attached hydrogen (secondary N) is 1. The van der Waals surface area contributed by atoms with E-state index in [-0.39, 0.29) is 10.3 Å². The maximum atomic E-state index is 12.4. The maximum absolute atomic E-state index is 12.4. The van der Waals surface area contributed by atoms with Crippen LogP contribution < -0.4 is 4.72 Å². The molecule has 20 heavy (non-hydrogen) atoms. The van der Waals surface area contributed by atoms with Gasteiger partial charge in [0.05, 0.1) is 11.4 Å². The molecule has 0 radical (unpaired) electrons. The van der Waals surface area contributed by atoms with Crippen LogP contribution in [-0.4, -0.2) is 20.3 Å². The second kappa shape index (κ2) is 6.05. The predicted octanol–water partition coefficient (Wildman–Crippen LogP) is 3.50. The molecule has 1 aliphatic rings. The van der Waals surface area contributed by atoms with Crippen molar-refractivity contribution in [3.63, 3.8) is 0 Å². The molecule has 1 N–H and O–H groups in total. The third-order valence-corrected chi connectivity index (χ3v) is 5.42. The minimum Gasteiger partial charge on any atom is -0.211 e. The number of nitrogens with zero attached hydrogens (tertiary/aromatic N) is 2. The highest BCUT2D eigenvalue weighted by Gasteiger charge is 2.25. The van der Waals surface area contributed by atoms with Gasteiger partial charge in [-0.05, 0) is 24.0 Å². The van der Waals surface area contributed by atoms with Crippen LogP contribution in [0.5, 0.6) is 0 Å². The Morgan fingerprint density at radius 2 is 2.10 bits per heavy atom. The first-order chi connectivity index (χ1) is 9.36. The molecule has 0 atom stereocenters. The number of halogens is 1. The molecular formula is C12H16BrN3O2S2. The minimum absolute atomic E-state index is 0.106. The topological polar surface area (TPSA) is 70.9 Å². The summed E-state index contributed by atoms with van der Waals surface area (Å²) in [6, 6.07) is 5.00. The average molecular weight is 378 g/mol. The monoisotopic (exact) mass is 377 g/mol. The highest BCUT2D eigenvalue weighted by Crippen LogP contribution is 2.37. The van der Waals surface area contributed by atoms with Gasteiger partial charge in [-0.15, -0.1) is 0 Å². The molecule has 1 heterocycles. The van der Waals surface area contributed by atoms with Gasteiger partial charge in [0.25, 0.3) is 0 Å². The summed E-state index contributed by atoms with van der Waals surface area (Å²) in [5.74, 6) is 0. The quantitative estimate of drug-likeness (QED) is 0.782. The largest absolute Gasteiger partial charge is 0.242 e. The number of rotatable bonds is 6. The predicted molar refractivity (Wildman–Crippen MR) is 85.4 cm³/mol. The lowest BCUT2D eigenvalue weighted by Gasteiger charge is -2.23. The van der Waals surface area contributed by atoms with Crippen LogP contribution in [0.2, 0.25) is 0 Å².